The molecule has 3 heteroatoms. The Hall–Kier alpha value is -1.35. The Morgan fingerprint density at radius 3 is 2.94 bits per heavy atom. The second kappa shape index (κ2) is 4.39. The van der Waals surface area contributed by atoms with E-state index in [9.17, 15) is 4.79 Å². The van der Waals surface area contributed by atoms with Crippen molar-refractivity contribution < 1.29 is 9.53 Å². The van der Waals surface area contributed by atoms with Gasteiger partial charge in [0.2, 0.25) is 0 Å². The van der Waals surface area contributed by atoms with Gasteiger partial charge in [-0.2, -0.15) is 0 Å². The first-order chi connectivity index (χ1) is 8.65. The van der Waals surface area contributed by atoms with Crippen molar-refractivity contribution >= 4 is 5.91 Å². The Morgan fingerprint density at radius 2 is 2.22 bits per heavy atom. The Bertz CT molecular complexity index is 483. The molecule has 18 heavy (non-hydrogen) atoms. The van der Waals surface area contributed by atoms with Crippen LogP contribution in [0, 0.1) is 19.8 Å². The largest absolute Gasteiger partial charge is 0.378 e. The number of hydrogen-bond donors (Lipinski definition) is 1. The molecule has 1 aliphatic carbocycles. The highest BCUT2D eigenvalue weighted by Gasteiger charge is 2.45. The molecule has 1 aliphatic heterocycles. The number of amides is 1. The molecule has 3 atom stereocenters. The van der Waals surface area contributed by atoms with E-state index in [1.807, 2.05) is 26.0 Å². The van der Waals surface area contributed by atoms with Crippen LogP contribution in [0.15, 0.2) is 18.2 Å². The number of nitrogens with one attached hydrogen (secondary N) is 1. The zero-order valence-electron chi connectivity index (χ0n) is 10.9. The molecule has 1 aromatic rings. The van der Waals surface area contributed by atoms with E-state index in [-0.39, 0.29) is 5.91 Å². The van der Waals surface area contributed by atoms with Crippen LogP contribution < -0.4 is 5.32 Å². The maximum Gasteiger partial charge on any atom is 0.251 e. The van der Waals surface area contributed by atoms with E-state index in [0.29, 0.717) is 18.1 Å². The van der Waals surface area contributed by atoms with Crippen LogP contribution in [0.25, 0.3) is 0 Å². The molecule has 2 aliphatic rings. The van der Waals surface area contributed by atoms with Crippen molar-refractivity contribution in [3.05, 3.63) is 34.9 Å². The van der Waals surface area contributed by atoms with E-state index in [4.69, 9.17) is 4.74 Å². The standard InChI is InChI=1S/C15H19NO2/c1-9-3-4-11(10(2)7-9)15(17)16-13-8-14-12(13)5-6-18-14/h3-4,7,12-14H,5-6,8H2,1-2H3,(H,16,17)/t12-,13+,14+/m0/s1. The summed E-state index contributed by atoms with van der Waals surface area (Å²) in [5, 5.41) is 3.15. The lowest BCUT2D eigenvalue weighted by molar-refractivity contribution is 0.00809. The third-order valence-electron chi connectivity index (χ3n) is 4.21. The van der Waals surface area contributed by atoms with Crippen molar-refractivity contribution in [3.63, 3.8) is 0 Å². The maximum atomic E-state index is 12.2. The van der Waals surface area contributed by atoms with Gasteiger partial charge in [0.05, 0.1) is 6.10 Å². The Balaban J connectivity index is 1.68. The molecule has 0 unspecified atom stereocenters. The van der Waals surface area contributed by atoms with Gasteiger partial charge in [-0.3, -0.25) is 4.79 Å². The van der Waals surface area contributed by atoms with Crippen LogP contribution in [0.4, 0.5) is 0 Å². The summed E-state index contributed by atoms with van der Waals surface area (Å²) in [6, 6.07) is 6.27. The van der Waals surface area contributed by atoms with Gasteiger partial charge in [-0.25, -0.2) is 0 Å². The number of carbonyl (C=O) groups is 1. The predicted octanol–water partition coefficient (Wildman–Crippen LogP) is 2.21. The lowest BCUT2D eigenvalue weighted by Gasteiger charge is -2.39. The van der Waals surface area contributed by atoms with E-state index in [0.717, 1.165) is 30.6 Å². The van der Waals surface area contributed by atoms with Crippen LogP contribution in [0.1, 0.15) is 34.3 Å². The fourth-order valence-corrected chi connectivity index (χ4v) is 3.08. The summed E-state index contributed by atoms with van der Waals surface area (Å²) < 4.78 is 5.56. The molecule has 3 nitrogen and oxygen atoms in total. The van der Waals surface area contributed by atoms with Crippen LogP contribution in [-0.4, -0.2) is 24.7 Å². The predicted molar refractivity (Wildman–Crippen MR) is 69.6 cm³/mol. The molecule has 0 radical (unpaired) electrons. The van der Waals surface area contributed by atoms with Crippen molar-refractivity contribution in [2.45, 2.75) is 38.8 Å². The van der Waals surface area contributed by atoms with Crippen LogP contribution in [0.3, 0.4) is 0 Å². The highest BCUT2D eigenvalue weighted by atomic mass is 16.5. The lowest BCUT2D eigenvalue weighted by atomic mass is 9.76. The zero-order valence-corrected chi connectivity index (χ0v) is 10.9. The quantitative estimate of drug-likeness (QED) is 0.867. The van der Waals surface area contributed by atoms with Gasteiger partial charge in [0.15, 0.2) is 0 Å². The molecule has 1 saturated heterocycles. The summed E-state index contributed by atoms with van der Waals surface area (Å²) >= 11 is 0. The van der Waals surface area contributed by atoms with Crippen molar-refractivity contribution in [2.24, 2.45) is 5.92 Å². The third-order valence-corrected chi connectivity index (χ3v) is 4.21. The topological polar surface area (TPSA) is 38.3 Å². The SMILES string of the molecule is Cc1ccc(C(=O)N[C@@H]2C[C@H]3OCC[C@@H]23)c(C)c1. The molecule has 2 fully saturated rings. The summed E-state index contributed by atoms with van der Waals surface area (Å²) in [5.41, 5.74) is 3.03. The number of benzene rings is 1. The molecule has 0 bridgehead atoms. The number of ether oxygens (including phenoxy) is 1. The molecule has 1 amide bonds. The first kappa shape index (κ1) is 11.7. The molecule has 3 rings (SSSR count). The molecular formula is C15H19NO2. The van der Waals surface area contributed by atoms with Crippen LogP contribution in [0.2, 0.25) is 0 Å². The van der Waals surface area contributed by atoms with Crippen LogP contribution in [0.5, 0.6) is 0 Å². The first-order valence-corrected chi connectivity index (χ1v) is 6.65. The van der Waals surface area contributed by atoms with Crippen LogP contribution >= 0.6 is 0 Å². The molecule has 1 N–H and O–H groups in total. The number of hydrogen-bond acceptors (Lipinski definition) is 2. The molecule has 1 aromatic carbocycles. The van der Waals surface area contributed by atoms with Gasteiger partial charge >= 0.3 is 0 Å². The first-order valence-electron chi connectivity index (χ1n) is 6.65. The second-order valence-corrected chi connectivity index (χ2v) is 5.50. The van der Waals surface area contributed by atoms with Gasteiger partial charge in [0, 0.05) is 24.1 Å². The highest BCUT2D eigenvalue weighted by Crippen LogP contribution is 2.38. The van der Waals surface area contributed by atoms with Crippen molar-refractivity contribution in [1.29, 1.82) is 0 Å². The Morgan fingerprint density at radius 1 is 1.39 bits per heavy atom. The Kier molecular flexibility index (Phi) is 2.86. The summed E-state index contributed by atoms with van der Waals surface area (Å²) in [6.07, 6.45) is 2.46. The molecule has 96 valence electrons. The average Bonchev–Trinajstić information content (AvgIpc) is 2.67. The lowest BCUT2D eigenvalue weighted by Crippen LogP contribution is -2.53. The fourth-order valence-electron chi connectivity index (χ4n) is 3.08. The van der Waals surface area contributed by atoms with Crippen molar-refractivity contribution in [1.82, 2.24) is 5.32 Å². The van der Waals surface area contributed by atoms with E-state index in [2.05, 4.69) is 11.4 Å². The van der Waals surface area contributed by atoms with Crippen molar-refractivity contribution in [2.75, 3.05) is 6.61 Å². The molecular weight excluding hydrogens is 226 g/mol. The molecule has 0 spiro atoms. The third kappa shape index (κ3) is 1.93. The normalized spacial score (nSPS) is 29.6. The van der Waals surface area contributed by atoms with Gasteiger partial charge < -0.3 is 10.1 Å². The van der Waals surface area contributed by atoms with E-state index >= 15 is 0 Å². The average molecular weight is 245 g/mol. The molecule has 0 aromatic heterocycles. The smallest absolute Gasteiger partial charge is 0.251 e. The minimum atomic E-state index is 0.0582. The summed E-state index contributed by atoms with van der Waals surface area (Å²) in [5.74, 6) is 0.600. The van der Waals surface area contributed by atoms with Gasteiger partial charge in [-0.05, 0) is 38.3 Å². The molecule has 1 heterocycles. The van der Waals surface area contributed by atoms with E-state index in [1.54, 1.807) is 0 Å². The fraction of sp³-hybridized carbons (Fsp3) is 0.533. The van der Waals surface area contributed by atoms with Gasteiger partial charge in [0.25, 0.3) is 5.91 Å². The Labute approximate surface area is 108 Å². The monoisotopic (exact) mass is 245 g/mol. The maximum absolute atomic E-state index is 12.2. The second-order valence-electron chi connectivity index (χ2n) is 5.50. The van der Waals surface area contributed by atoms with Gasteiger partial charge in [-0.15, -0.1) is 0 Å². The van der Waals surface area contributed by atoms with Gasteiger partial charge in [-0.1, -0.05) is 17.7 Å². The summed E-state index contributed by atoms with van der Waals surface area (Å²) in [6.45, 7) is 4.89. The van der Waals surface area contributed by atoms with Crippen LogP contribution in [-0.2, 0) is 4.74 Å². The number of aryl methyl sites for hydroxylation is 2. The summed E-state index contributed by atoms with van der Waals surface area (Å²) in [7, 11) is 0. The minimum Gasteiger partial charge on any atom is -0.378 e. The van der Waals surface area contributed by atoms with E-state index in [1.165, 1.54) is 5.56 Å². The highest BCUT2D eigenvalue weighted by molar-refractivity contribution is 5.96. The van der Waals surface area contributed by atoms with E-state index < -0.39 is 0 Å². The molecule has 1 saturated carbocycles. The minimum absolute atomic E-state index is 0.0582. The zero-order chi connectivity index (χ0) is 12.7. The van der Waals surface area contributed by atoms with Gasteiger partial charge in [0.1, 0.15) is 0 Å². The number of rotatable bonds is 2. The van der Waals surface area contributed by atoms with Crippen molar-refractivity contribution in [3.8, 4) is 0 Å². The number of fused-ring (bicyclic) bond motifs is 1. The number of carbonyl (C=O) groups excluding carboxylic acids is 1. The summed E-state index contributed by atoms with van der Waals surface area (Å²) in [4.78, 5) is 12.2.